The highest BCUT2D eigenvalue weighted by molar-refractivity contribution is 6.30. The van der Waals surface area contributed by atoms with Crippen molar-refractivity contribution in [3.63, 3.8) is 0 Å². The third kappa shape index (κ3) is 5.54. The summed E-state index contributed by atoms with van der Waals surface area (Å²) in [5.41, 5.74) is 2.36. The van der Waals surface area contributed by atoms with Crippen molar-refractivity contribution < 1.29 is 4.79 Å². The topological polar surface area (TPSA) is 64.0 Å². The molecule has 2 aromatic carbocycles. The van der Waals surface area contributed by atoms with E-state index in [0.29, 0.717) is 10.7 Å². The highest BCUT2D eigenvalue weighted by atomic mass is 35.5. The number of carbonyl (C=O) groups is 1. The summed E-state index contributed by atoms with van der Waals surface area (Å²) in [7, 11) is 0. The second-order valence-electron chi connectivity index (χ2n) is 6.71. The molecule has 0 aliphatic rings. The molecule has 1 atom stereocenters. The van der Waals surface area contributed by atoms with Crippen LogP contribution in [0.25, 0.3) is 11.3 Å². The monoisotopic (exact) mass is 395 g/mol. The first-order chi connectivity index (χ1) is 13.5. The number of hydrogen-bond acceptors (Lipinski definition) is 3. The molecule has 5 nitrogen and oxygen atoms in total. The van der Waals surface area contributed by atoms with E-state index in [-0.39, 0.29) is 24.1 Å². The molecule has 0 radical (unpaired) electrons. The number of amides is 1. The predicted molar refractivity (Wildman–Crippen MR) is 111 cm³/mol. The molecule has 28 heavy (non-hydrogen) atoms. The van der Waals surface area contributed by atoms with Gasteiger partial charge in [-0.3, -0.25) is 9.59 Å². The van der Waals surface area contributed by atoms with Crippen molar-refractivity contribution in [2.75, 3.05) is 0 Å². The van der Waals surface area contributed by atoms with Crippen LogP contribution in [0.5, 0.6) is 0 Å². The van der Waals surface area contributed by atoms with E-state index in [9.17, 15) is 9.59 Å². The summed E-state index contributed by atoms with van der Waals surface area (Å²) >= 11 is 5.91. The third-order valence-electron chi connectivity index (χ3n) is 4.42. The van der Waals surface area contributed by atoms with Crippen LogP contribution in [0.4, 0.5) is 0 Å². The number of nitrogens with one attached hydrogen (secondary N) is 1. The molecule has 0 unspecified atom stereocenters. The fourth-order valence-corrected chi connectivity index (χ4v) is 3.02. The number of carbonyl (C=O) groups excluding carboxylic acids is 1. The molecule has 6 heteroatoms. The van der Waals surface area contributed by atoms with Gasteiger partial charge < -0.3 is 5.32 Å². The van der Waals surface area contributed by atoms with Gasteiger partial charge in [0, 0.05) is 22.7 Å². The molecule has 144 valence electrons. The fraction of sp³-hybridized carbons (Fsp3) is 0.227. The summed E-state index contributed by atoms with van der Waals surface area (Å²) in [4.78, 5) is 24.4. The Morgan fingerprint density at radius 2 is 1.79 bits per heavy atom. The Labute approximate surface area is 169 Å². The minimum Gasteiger partial charge on any atom is -0.352 e. The largest absolute Gasteiger partial charge is 0.352 e. The highest BCUT2D eigenvalue weighted by Gasteiger charge is 2.11. The lowest BCUT2D eigenvalue weighted by Crippen LogP contribution is -2.38. The second-order valence-corrected chi connectivity index (χ2v) is 7.15. The molecule has 1 N–H and O–H groups in total. The van der Waals surface area contributed by atoms with E-state index >= 15 is 0 Å². The lowest BCUT2D eigenvalue weighted by atomic mass is 10.1. The first kappa shape index (κ1) is 19.8. The van der Waals surface area contributed by atoms with Crippen molar-refractivity contribution in [2.24, 2.45) is 0 Å². The molecule has 0 aliphatic heterocycles. The summed E-state index contributed by atoms with van der Waals surface area (Å²) in [6.45, 7) is 1.84. The van der Waals surface area contributed by atoms with Crippen molar-refractivity contribution in [3.8, 4) is 11.3 Å². The normalized spacial score (nSPS) is 11.8. The Bertz CT molecular complexity index is 985. The number of hydrogen-bond donors (Lipinski definition) is 1. The summed E-state index contributed by atoms with van der Waals surface area (Å²) in [5.74, 6) is -0.233. The molecule has 0 aliphatic carbocycles. The van der Waals surface area contributed by atoms with E-state index in [1.807, 2.05) is 37.3 Å². The van der Waals surface area contributed by atoms with Gasteiger partial charge in [-0.15, -0.1) is 0 Å². The van der Waals surface area contributed by atoms with Crippen LogP contribution < -0.4 is 10.9 Å². The highest BCUT2D eigenvalue weighted by Crippen LogP contribution is 2.18. The average Bonchev–Trinajstić information content (AvgIpc) is 2.69. The lowest BCUT2D eigenvalue weighted by Gasteiger charge is -2.14. The van der Waals surface area contributed by atoms with E-state index in [4.69, 9.17) is 11.6 Å². The van der Waals surface area contributed by atoms with Crippen LogP contribution in [0.1, 0.15) is 18.9 Å². The second kappa shape index (κ2) is 9.33. The Balaban J connectivity index is 1.61. The molecular formula is C22H22ClN3O2. The van der Waals surface area contributed by atoms with Gasteiger partial charge in [0.1, 0.15) is 6.54 Å². The molecular weight excluding hydrogens is 374 g/mol. The molecule has 3 aromatic rings. The number of aryl methyl sites for hydroxylation is 1. The van der Waals surface area contributed by atoms with E-state index in [1.165, 1.54) is 16.3 Å². The summed E-state index contributed by atoms with van der Waals surface area (Å²) < 4.78 is 1.18. The van der Waals surface area contributed by atoms with Gasteiger partial charge in [0.25, 0.3) is 5.56 Å². The molecule has 0 bridgehead atoms. The first-order valence-electron chi connectivity index (χ1n) is 9.18. The molecule has 0 fully saturated rings. The van der Waals surface area contributed by atoms with E-state index in [2.05, 4.69) is 22.5 Å². The van der Waals surface area contributed by atoms with Crippen LogP contribution in [0.2, 0.25) is 5.02 Å². The van der Waals surface area contributed by atoms with E-state index in [1.54, 1.807) is 18.2 Å². The van der Waals surface area contributed by atoms with Crippen LogP contribution in [0.3, 0.4) is 0 Å². The number of aromatic nitrogens is 2. The van der Waals surface area contributed by atoms with Crippen LogP contribution in [0.15, 0.2) is 71.5 Å². The summed E-state index contributed by atoms with van der Waals surface area (Å²) in [6, 6.07) is 20.4. The van der Waals surface area contributed by atoms with Gasteiger partial charge in [0.05, 0.1) is 5.69 Å². The van der Waals surface area contributed by atoms with Crippen molar-refractivity contribution in [2.45, 2.75) is 32.4 Å². The first-order valence-corrected chi connectivity index (χ1v) is 9.56. The molecule has 0 saturated heterocycles. The number of benzene rings is 2. The summed E-state index contributed by atoms with van der Waals surface area (Å²) in [5, 5.41) is 7.88. The van der Waals surface area contributed by atoms with Crippen molar-refractivity contribution in [3.05, 3.63) is 87.7 Å². The molecule has 1 amide bonds. The van der Waals surface area contributed by atoms with Gasteiger partial charge >= 0.3 is 0 Å². The Kier molecular flexibility index (Phi) is 6.61. The van der Waals surface area contributed by atoms with Gasteiger partial charge in [0.15, 0.2) is 0 Å². The van der Waals surface area contributed by atoms with Gasteiger partial charge in [0.2, 0.25) is 5.91 Å². The molecule has 0 saturated carbocycles. The minimum absolute atomic E-state index is 0.00264. The SMILES string of the molecule is C[C@@H](CCc1ccccc1)NC(=O)Cn1nc(-c2ccc(Cl)cc2)ccc1=O. The van der Waals surface area contributed by atoms with Crippen molar-refractivity contribution in [1.29, 1.82) is 0 Å². The zero-order valence-corrected chi connectivity index (χ0v) is 16.4. The van der Waals surface area contributed by atoms with Crippen LogP contribution in [-0.4, -0.2) is 21.7 Å². The average molecular weight is 396 g/mol. The van der Waals surface area contributed by atoms with Crippen molar-refractivity contribution >= 4 is 17.5 Å². The Hall–Kier alpha value is -2.92. The molecule has 1 aromatic heterocycles. The fourth-order valence-electron chi connectivity index (χ4n) is 2.89. The maximum Gasteiger partial charge on any atom is 0.267 e. The van der Waals surface area contributed by atoms with E-state index < -0.39 is 0 Å². The Morgan fingerprint density at radius 1 is 1.07 bits per heavy atom. The van der Waals surface area contributed by atoms with Crippen LogP contribution in [-0.2, 0) is 17.8 Å². The number of rotatable bonds is 7. The third-order valence-corrected chi connectivity index (χ3v) is 4.67. The smallest absolute Gasteiger partial charge is 0.267 e. The van der Waals surface area contributed by atoms with Gasteiger partial charge in [-0.05, 0) is 43.5 Å². The van der Waals surface area contributed by atoms with Gasteiger partial charge in [-0.2, -0.15) is 5.10 Å². The lowest BCUT2D eigenvalue weighted by molar-refractivity contribution is -0.122. The number of halogens is 1. The zero-order chi connectivity index (χ0) is 19.9. The van der Waals surface area contributed by atoms with Crippen LogP contribution >= 0.6 is 11.6 Å². The zero-order valence-electron chi connectivity index (χ0n) is 15.6. The quantitative estimate of drug-likeness (QED) is 0.663. The predicted octanol–water partition coefficient (Wildman–Crippen LogP) is 3.70. The molecule has 0 spiro atoms. The van der Waals surface area contributed by atoms with Gasteiger partial charge in [-0.25, -0.2) is 4.68 Å². The minimum atomic E-state index is -0.315. The summed E-state index contributed by atoms with van der Waals surface area (Å²) in [6.07, 6.45) is 1.70. The van der Waals surface area contributed by atoms with Crippen molar-refractivity contribution in [1.82, 2.24) is 15.1 Å². The van der Waals surface area contributed by atoms with Crippen LogP contribution in [0, 0.1) is 0 Å². The standard InChI is InChI=1S/C22H22ClN3O2/c1-16(7-8-17-5-3-2-4-6-17)24-21(27)15-26-22(28)14-13-20(25-26)18-9-11-19(23)12-10-18/h2-6,9-14,16H,7-8,15H2,1H3,(H,24,27)/t16-/m0/s1. The number of nitrogens with zero attached hydrogens (tertiary/aromatic N) is 2. The maximum atomic E-state index is 12.4. The maximum absolute atomic E-state index is 12.4. The molecule has 1 heterocycles. The van der Waals surface area contributed by atoms with Gasteiger partial charge in [-0.1, -0.05) is 54.1 Å². The molecule has 3 rings (SSSR count). The Morgan fingerprint density at radius 3 is 2.50 bits per heavy atom. The van der Waals surface area contributed by atoms with E-state index in [0.717, 1.165) is 18.4 Å².